The highest BCUT2D eigenvalue weighted by Crippen LogP contribution is 2.30. The maximum absolute atomic E-state index is 12.6. The normalized spacial score (nSPS) is 10.6. The van der Waals surface area contributed by atoms with Crippen LogP contribution in [0.3, 0.4) is 0 Å². The Balaban J connectivity index is 2.07. The lowest BCUT2D eigenvalue weighted by Gasteiger charge is -2.11. The average molecular weight is 360 g/mol. The fourth-order valence-electron chi connectivity index (χ4n) is 2.40. The molecule has 0 fully saturated rings. The number of nitrogens with one attached hydrogen (secondary N) is 1. The first-order valence-electron chi connectivity index (χ1n) is 6.99. The van der Waals surface area contributed by atoms with Crippen molar-refractivity contribution in [2.24, 2.45) is 0 Å². The Hall–Kier alpha value is -2.56. The molecule has 0 aliphatic rings. The highest BCUT2D eigenvalue weighted by atomic mass is 35.5. The lowest BCUT2D eigenvalue weighted by molar-refractivity contribution is 0.0692. The van der Waals surface area contributed by atoms with Crippen molar-refractivity contribution in [2.75, 3.05) is 5.32 Å². The van der Waals surface area contributed by atoms with Crippen LogP contribution in [0.5, 0.6) is 0 Å². The maximum Gasteiger partial charge on any atom is 0.336 e. The molecule has 6 heteroatoms. The van der Waals surface area contributed by atoms with Crippen LogP contribution in [0.25, 0.3) is 10.8 Å². The van der Waals surface area contributed by atoms with Gasteiger partial charge in [-0.15, -0.1) is 0 Å². The predicted octanol–water partition coefficient (Wildman–Crippen LogP) is 5.10. The van der Waals surface area contributed by atoms with Gasteiger partial charge in [0.2, 0.25) is 0 Å². The second-order valence-electron chi connectivity index (χ2n) is 5.11. The maximum atomic E-state index is 12.6. The zero-order valence-corrected chi connectivity index (χ0v) is 13.7. The van der Waals surface area contributed by atoms with Crippen molar-refractivity contribution in [2.45, 2.75) is 0 Å². The van der Waals surface area contributed by atoms with Crippen molar-refractivity contribution in [1.82, 2.24) is 0 Å². The van der Waals surface area contributed by atoms with Crippen molar-refractivity contribution in [3.8, 4) is 0 Å². The summed E-state index contributed by atoms with van der Waals surface area (Å²) in [5.74, 6) is -1.74. The van der Waals surface area contributed by atoms with Crippen molar-refractivity contribution >= 4 is 51.5 Å². The zero-order valence-electron chi connectivity index (χ0n) is 12.2. The number of carboxylic acid groups (broad SMARTS) is 1. The van der Waals surface area contributed by atoms with Crippen LogP contribution in [-0.2, 0) is 0 Å². The van der Waals surface area contributed by atoms with E-state index in [9.17, 15) is 14.7 Å². The number of carbonyl (C=O) groups is 2. The molecule has 0 bridgehead atoms. The summed E-state index contributed by atoms with van der Waals surface area (Å²) in [7, 11) is 0. The predicted molar refractivity (Wildman–Crippen MR) is 95.3 cm³/mol. The molecule has 4 nitrogen and oxygen atoms in total. The molecule has 0 aliphatic heterocycles. The number of benzene rings is 3. The van der Waals surface area contributed by atoms with E-state index in [1.807, 2.05) is 12.1 Å². The minimum absolute atomic E-state index is 0.0530. The van der Waals surface area contributed by atoms with Crippen molar-refractivity contribution < 1.29 is 14.7 Å². The number of rotatable bonds is 3. The van der Waals surface area contributed by atoms with E-state index in [-0.39, 0.29) is 16.1 Å². The second kappa shape index (κ2) is 6.51. The molecule has 2 N–H and O–H groups in total. The van der Waals surface area contributed by atoms with Gasteiger partial charge in [-0.1, -0.05) is 53.5 Å². The highest BCUT2D eigenvalue weighted by molar-refractivity contribution is 6.44. The number of aromatic carboxylic acids is 1. The van der Waals surface area contributed by atoms with Gasteiger partial charge < -0.3 is 10.4 Å². The number of hydrogen-bond donors (Lipinski definition) is 2. The van der Waals surface area contributed by atoms with E-state index in [4.69, 9.17) is 23.2 Å². The molecule has 3 aromatic carbocycles. The SMILES string of the molecule is O=C(O)c1cc2ccccc2cc1C(=O)Nc1cccc(Cl)c1Cl. The fourth-order valence-corrected chi connectivity index (χ4v) is 2.74. The molecule has 0 radical (unpaired) electrons. The molecule has 0 saturated heterocycles. The number of carbonyl (C=O) groups excluding carboxylic acids is 1. The topological polar surface area (TPSA) is 66.4 Å². The summed E-state index contributed by atoms with van der Waals surface area (Å²) in [5.41, 5.74) is 0.292. The molecule has 0 atom stereocenters. The standard InChI is InChI=1S/C18H11Cl2NO3/c19-14-6-3-7-15(16(14)20)21-17(22)12-8-10-4-1-2-5-11(10)9-13(12)18(23)24/h1-9H,(H,21,22)(H,23,24). The van der Waals surface area contributed by atoms with E-state index in [0.717, 1.165) is 10.8 Å². The highest BCUT2D eigenvalue weighted by Gasteiger charge is 2.19. The van der Waals surface area contributed by atoms with Gasteiger partial charge in [0.05, 0.1) is 26.9 Å². The van der Waals surface area contributed by atoms with Gasteiger partial charge in [0.1, 0.15) is 0 Å². The number of fused-ring (bicyclic) bond motifs is 1. The van der Waals surface area contributed by atoms with E-state index >= 15 is 0 Å². The largest absolute Gasteiger partial charge is 0.478 e. The van der Waals surface area contributed by atoms with E-state index in [0.29, 0.717) is 10.7 Å². The van der Waals surface area contributed by atoms with Crippen LogP contribution < -0.4 is 5.32 Å². The van der Waals surface area contributed by atoms with Gasteiger partial charge >= 0.3 is 5.97 Å². The first kappa shape index (κ1) is 16.3. The Morgan fingerprint density at radius 1 is 0.875 bits per heavy atom. The van der Waals surface area contributed by atoms with Gasteiger partial charge in [-0.25, -0.2) is 4.79 Å². The quantitative estimate of drug-likeness (QED) is 0.683. The molecule has 0 aliphatic carbocycles. The van der Waals surface area contributed by atoms with Gasteiger partial charge in [0.15, 0.2) is 0 Å². The van der Waals surface area contributed by atoms with Gasteiger partial charge in [0, 0.05) is 0 Å². The van der Waals surface area contributed by atoms with Gasteiger partial charge in [-0.2, -0.15) is 0 Å². The minimum atomic E-state index is -1.18. The number of carboxylic acids is 1. The summed E-state index contributed by atoms with van der Waals surface area (Å²) in [6.45, 7) is 0. The Bertz CT molecular complexity index is 970. The summed E-state index contributed by atoms with van der Waals surface area (Å²) in [6.07, 6.45) is 0. The Labute approximate surface area is 147 Å². The number of amides is 1. The van der Waals surface area contributed by atoms with Crippen LogP contribution in [0.1, 0.15) is 20.7 Å². The van der Waals surface area contributed by atoms with Crippen LogP contribution in [0.15, 0.2) is 54.6 Å². The monoisotopic (exact) mass is 359 g/mol. The molecule has 3 rings (SSSR count). The first-order chi connectivity index (χ1) is 11.5. The minimum Gasteiger partial charge on any atom is -0.478 e. The Morgan fingerprint density at radius 2 is 1.50 bits per heavy atom. The van der Waals surface area contributed by atoms with Gasteiger partial charge in [0.25, 0.3) is 5.91 Å². The molecule has 0 heterocycles. The van der Waals surface area contributed by atoms with Gasteiger partial charge in [-0.3, -0.25) is 4.79 Å². The van der Waals surface area contributed by atoms with Crippen molar-refractivity contribution in [3.63, 3.8) is 0 Å². The molecule has 0 saturated carbocycles. The van der Waals surface area contributed by atoms with E-state index in [1.54, 1.807) is 36.4 Å². The Morgan fingerprint density at radius 3 is 2.12 bits per heavy atom. The lowest BCUT2D eigenvalue weighted by atomic mass is 10.00. The molecule has 0 spiro atoms. The summed E-state index contributed by atoms with van der Waals surface area (Å²) >= 11 is 12.0. The summed E-state index contributed by atoms with van der Waals surface area (Å²) in [5, 5.41) is 14.0. The third-order valence-electron chi connectivity index (χ3n) is 3.56. The van der Waals surface area contributed by atoms with Crippen LogP contribution >= 0.6 is 23.2 Å². The number of halogens is 2. The van der Waals surface area contributed by atoms with Crippen LogP contribution in [0.2, 0.25) is 10.0 Å². The summed E-state index contributed by atoms with van der Waals surface area (Å²) < 4.78 is 0. The zero-order chi connectivity index (χ0) is 17.3. The van der Waals surface area contributed by atoms with Crippen LogP contribution in [0, 0.1) is 0 Å². The molecule has 3 aromatic rings. The van der Waals surface area contributed by atoms with Crippen molar-refractivity contribution in [1.29, 1.82) is 0 Å². The second-order valence-corrected chi connectivity index (χ2v) is 5.89. The first-order valence-corrected chi connectivity index (χ1v) is 7.74. The average Bonchev–Trinajstić information content (AvgIpc) is 2.57. The smallest absolute Gasteiger partial charge is 0.336 e. The third kappa shape index (κ3) is 3.07. The molecule has 1 amide bonds. The summed E-state index contributed by atoms with van der Waals surface area (Å²) in [4.78, 5) is 24.1. The fraction of sp³-hybridized carbons (Fsp3) is 0. The molecular weight excluding hydrogens is 349 g/mol. The lowest BCUT2D eigenvalue weighted by Crippen LogP contribution is -2.16. The molecule has 24 heavy (non-hydrogen) atoms. The van der Waals surface area contributed by atoms with E-state index < -0.39 is 11.9 Å². The number of hydrogen-bond acceptors (Lipinski definition) is 2. The van der Waals surface area contributed by atoms with Crippen LogP contribution in [-0.4, -0.2) is 17.0 Å². The van der Waals surface area contributed by atoms with Crippen LogP contribution in [0.4, 0.5) is 5.69 Å². The molecule has 0 aromatic heterocycles. The van der Waals surface area contributed by atoms with E-state index in [1.165, 1.54) is 6.07 Å². The molecule has 0 unspecified atom stereocenters. The summed E-state index contributed by atoms with van der Waals surface area (Å²) in [6, 6.07) is 15.1. The Kier molecular flexibility index (Phi) is 4.42. The van der Waals surface area contributed by atoms with Crippen molar-refractivity contribution in [3.05, 3.63) is 75.8 Å². The molecule has 120 valence electrons. The van der Waals surface area contributed by atoms with Gasteiger partial charge in [-0.05, 0) is 35.0 Å². The van der Waals surface area contributed by atoms with E-state index in [2.05, 4.69) is 5.32 Å². The number of anilines is 1. The molecular formula is C18H11Cl2NO3. The third-order valence-corrected chi connectivity index (χ3v) is 4.38.